The molecule has 2 rings (SSSR count). The van der Waals surface area contributed by atoms with E-state index in [0.717, 1.165) is 5.69 Å². The fraction of sp³-hybridized carbons (Fsp3) is 0.182. The van der Waals surface area contributed by atoms with Crippen LogP contribution >= 0.6 is 0 Å². The molecule has 0 radical (unpaired) electrons. The Morgan fingerprint density at radius 2 is 2.18 bits per heavy atom. The Morgan fingerprint density at radius 1 is 1.35 bits per heavy atom. The third-order valence-corrected chi connectivity index (χ3v) is 2.05. The van der Waals surface area contributed by atoms with E-state index in [9.17, 15) is 4.79 Å². The van der Waals surface area contributed by atoms with Crippen molar-refractivity contribution in [1.82, 2.24) is 15.2 Å². The number of aryl methyl sites for hydroxylation is 1. The molecule has 6 heteroatoms. The van der Waals surface area contributed by atoms with E-state index in [0.29, 0.717) is 17.3 Å². The average Bonchev–Trinajstić information content (AvgIpc) is 2.74. The lowest BCUT2D eigenvalue weighted by molar-refractivity contribution is 0.0600. The molecule has 88 valence electrons. The zero-order valence-corrected chi connectivity index (χ0v) is 9.43. The van der Waals surface area contributed by atoms with Crippen molar-refractivity contribution < 1.29 is 14.3 Å². The first kappa shape index (κ1) is 11.1. The van der Waals surface area contributed by atoms with E-state index in [1.54, 1.807) is 12.1 Å². The summed E-state index contributed by atoms with van der Waals surface area (Å²) in [5.74, 6) is 0.256. The Bertz CT molecular complexity index is 536. The van der Waals surface area contributed by atoms with Gasteiger partial charge in [0.15, 0.2) is 0 Å². The van der Waals surface area contributed by atoms with Gasteiger partial charge in [-0.3, -0.25) is 5.10 Å². The summed E-state index contributed by atoms with van der Waals surface area (Å²) in [6.07, 6.45) is 1.47. The van der Waals surface area contributed by atoms with Gasteiger partial charge in [-0.2, -0.15) is 0 Å². The molecule has 6 nitrogen and oxygen atoms in total. The van der Waals surface area contributed by atoms with E-state index in [1.165, 1.54) is 19.4 Å². The second kappa shape index (κ2) is 4.65. The number of hydrogen-bond donors (Lipinski definition) is 1. The Balaban J connectivity index is 2.19. The molecule has 0 aromatic carbocycles. The van der Waals surface area contributed by atoms with Crippen LogP contribution in [0.5, 0.6) is 11.8 Å². The highest BCUT2D eigenvalue weighted by Crippen LogP contribution is 2.18. The summed E-state index contributed by atoms with van der Waals surface area (Å²) in [5, 5.41) is 6.65. The van der Waals surface area contributed by atoms with Crippen molar-refractivity contribution in [3.8, 4) is 11.8 Å². The van der Waals surface area contributed by atoms with Crippen molar-refractivity contribution in [3.05, 3.63) is 35.7 Å². The largest absolute Gasteiger partial charge is 0.465 e. The zero-order valence-electron chi connectivity index (χ0n) is 9.43. The van der Waals surface area contributed by atoms with E-state index in [2.05, 4.69) is 19.9 Å². The minimum Gasteiger partial charge on any atom is -0.465 e. The molecule has 2 aromatic heterocycles. The van der Waals surface area contributed by atoms with Crippen molar-refractivity contribution >= 4 is 5.97 Å². The molecular formula is C11H11N3O3. The second-order valence-electron chi connectivity index (χ2n) is 3.37. The monoisotopic (exact) mass is 233 g/mol. The van der Waals surface area contributed by atoms with Gasteiger partial charge in [-0.1, -0.05) is 0 Å². The first-order valence-electron chi connectivity index (χ1n) is 4.93. The number of nitrogens with one attached hydrogen (secondary N) is 1. The van der Waals surface area contributed by atoms with Crippen molar-refractivity contribution in [2.45, 2.75) is 6.92 Å². The number of carbonyl (C=O) groups excluding carboxylic acids is 1. The number of nitrogens with zero attached hydrogens (tertiary/aromatic N) is 2. The summed E-state index contributed by atoms with van der Waals surface area (Å²) in [5.41, 5.74) is 1.26. The Kier molecular flexibility index (Phi) is 3.04. The van der Waals surface area contributed by atoms with Crippen LogP contribution in [0.3, 0.4) is 0 Å². The molecule has 0 aliphatic rings. The number of esters is 1. The molecular weight excluding hydrogens is 222 g/mol. The molecule has 0 saturated carbocycles. The molecule has 17 heavy (non-hydrogen) atoms. The summed E-state index contributed by atoms with van der Waals surface area (Å²) in [6, 6.07) is 4.77. The van der Waals surface area contributed by atoms with Crippen LogP contribution in [0.1, 0.15) is 16.1 Å². The van der Waals surface area contributed by atoms with Gasteiger partial charge < -0.3 is 9.47 Å². The molecule has 0 amide bonds. The molecule has 0 fully saturated rings. The Labute approximate surface area is 97.6 Å². The number of H-pyrrole nitrogens is 1. The normalized spacial score (nSPS) is 10.0. The highest BCUT2D eigenvalue weighted by Gasteiger charge is 2.08. The number of aromatic amines is 1. The van der Waals surface area contributed by atoms with Crippen LogP contribution in [0.25, 0.3) is 0 Å². The van der Waals surface area contributed by atoms with Crippen LogP contribution in [0.2, 0.25) is 0 Å². The molecule has 0 unspecified atom stereocenters. The number of rotatable bonds is 3. The third kappa shape index (κ3) is 2.60. The van der Waals surface area contributed by atoms with Gasteiger partial charge >= 0.3 is 5.97 Å². The fourth-order valence-electron chi connectivity index (χ4n) is 1.26. The maximum absolute atomic E-state index is 11.3. The predicted octanol–water partition coefficient (Wildman–Crippen LogP) is 1.69. The lowest BCUT2D eigenvalue weighted by Crippen LogP contribution is -2.01. The number of pyridine rings is 1. The summed E-state index contributed by atoms with van der Waals surface area (Å²) < 4.78 is 9.97. The summed E-state index contributed by atoms with van der Waals surface area (Å²) in [7, 11) is 1.32. The molecule has 0 spiro atoms. The summed E-state index contributed by atoms with van der Waals surface area (Å²) in [6.45, 7) is 1.86. The van der Waals surface area contributed by atoms with Crippen molar-refractivity contribution in [2.75, 3.05) is 7.11 Å². The van der Waals surface area contributed by atoms with Gasteiger partial charge in [-0.25, -0.2) is 9.78 Å². The molecule has 1 N–H and O–H groups in total. The maximum Gasteiger partial charge on any atom is 0.338 e. The summed E-state index contributed by atoms with van der Waals surface area (Å²) >= 11 is 0. The number of methoxy groups -OCH3 is 1. The molecule has 0 atom stereocenters. The van der Waals surface area contributed by atoms with Gasteiger partial charge in [0.1, 0.15) is 0 Å². The van der Waals surface area contributed by atoms with Crippen LogP contribution in [-0.4, -0.2) is 28.3 Å². The van der Waals surface area contributed by atoms with Gasteiger partial charge in [0.2, 0.25) is 11.8 Å². The number of ether oxygens (including phenoxy) is 2. The van der Waals surface area contributed by atoms with Crippen LogP contribution in [0.4, 0.5) is 0 Å². The standard InChI is InChI=1S/C11H11N3O3/c1-7-5-10(14-13-7)17-9-6-8(3-4-12-9)11(15)16-2/h3-6H,1-2H3,(H,13,14). The van der Waals surface area contributed by atoms with E-state index in [-0.39, 0.29) is 0 Å². The summed E-state index contributed by atoms with van der Waals surface area (Å²) in [4.78, 5) is 15.3. The molecule has 0 bridgehead atoms. The van der Waals surface area contributed by atoms with E-state index in [1.807, 2.05) is 6.92 Å². The SMILES string of the molecule is COC(=O)c1ccnc(Oc2cc(C)[nH]n2)c1. The lowest BCUT2D eigenvalue weighted by Gasteiger charge is -2.02. The van der Waals surface area contributed by atoms with Gasteiger partial charge in [-0.15, -0.1) is 5.10 Å². The minimum atomic E-state index is -0.435. The Morgan fingerprint density at radius 3 is 2.82 bits per heavy atom. The topological polar surface area (TPSA) is 77.1 Å². The molecule has 0 aliphatic carbocycles. The van der Waals surface area contributed by atoms with Gasteiger partial charge in [0, 0.05) is 24.0 Å². The second-order valence-corrected chi connectivity index (χ2v) is 3.37. The van der Waals surface area contributed by atoms with Crippen LogP contribution in [0.15, 0.2) is 24.4 Å². The van der Waals surface area contributed by atoms with Crippen LogP contribution in [0, 0.1) is 6.92 Å². The highest BCUT2D eigenvalue weighted by molar-refractivity contribution is 5.89. The lowest BCUT2D eigenvalue weighted by atomic mass is 10.3. The third-order valence-electron chi connectivity index (χ3n) is 2.05. The highest BCUT2D eigenvalue weighted by atomic mass is 16.5. The van der Waals surface area contributed by atoms with Crippen LogP contribution < -0.4 is 4.74 Å². The van der Waals surface area contributed by atoms with Gasteiger partial charge in [0.25, 0.3) is 0 Å². The smallest absolute Gasteiger partial charge is 0.338 e. The molecule has 0 aliphatic heterocycles. The fourth-order valence-corrected chi connectivity index (χ4v) is 1.26. The zero-order chi connectivity index (χ0) is 12.3. The predicted molar refractivity (Wildman–Crippen MR) is 59.0 cm³/mol. The maximum atomic E-state index is 11.3. The molecule has 2 heterocycles. The Hall–Kier alpha value is -2.37. The van der Waals surface area contributed by atoms with Crippen molar-refractivity contribution in [1.29, 1.82) is 0 Å². The number of aromatic nitrogens is 3. The minimum absolute atomic E-state index is 0.291. The quantitative estimate of drug-likeness (QED) is 0.816. The molecule has 2 aromatic rings. The van der Waals surface area contributed by atoms with E-state index in [4.69, 9.17) is 4.74 Å². The van der Waals surface area contributed by atoms with E-state index >= 15 is 0 Å². The van der Waals surface area contributed by atoms with Gasteiger partial charge in [-0.05, 0) is 13.0 Å². The van der Waals surface area contributed by atoms with Gasteiger partial charge in [0.05, 0.1) is 12.7 Å². The molecule has 0 saturated heterocycles. The first-order valence-corrected chi connectivity index (χ1v) is 4.93. The average molecular weight is 233 g/mol. The van der Waals surface area contributed by atoms with E-state index < -0.39 is 5.97 Å². The number of hydrogen-bond acceptors (Lipinski definition) is 5. The first-order chi connectivity index (χ1) is 8.19. The van der Waals surface area contributed by atoms with Crippen LogP contribution in [-0.2, 0) is 4.74 Å². The number of carbonyl (C=O) groups is 1. The van der Waals surface area contributed by atoms with Crippen molar-refractivity contribution in [2.24, 2.45) is 0 Å². The van der Waals surface area contributed by atoms with Crippen molar-refractivity contribution in [3.63, 3.8) is 0 Å².